The molecule has 1 aromatic carbocycles. The highest BCUT2D eigenvalue weighted by molar-refractivity contribution is 5.99. The Kier molecular flexibility index (Phi) is 4.66. The Morgan fingerprint density at radius 1 is 1.11 bits per heavy atom. The fourth-order valence-corrected chi connectivity index (χ4v) is 3.75. The zero-order chi connectivity index (χ0) is 19.0. The number of ether oxygens (including phenoxy) is 1. The monoisotopic (exact) mass is 365 g/mol. The Hall–Kier alpha value is -2.73. The number of pyridine rings is 1. The molecular formula is C21H23N3O3. The largest absolute Gasteiger partial charge is 0.381 e. The normalized spacial score (nSPS) is 24.0. The summed E-state index contributed by atoms with van der Waals surface area (Å²) in [5.41, 5.74) is 2.50. The molecule has 0 radical (unpaired) electrons. The molecule has 1 aliphatic carbocycles. The summed E-state index contributed by atoms with van der Waals surface area (Å²) in [5.74, 6) is 0.358. The van der Waals surface area contributed by atoms with E-state index in [4.69, 9.17) is 4.74 Å². The molecule has 2 amide bonds. The number of hydrogen-bond donors (Lipinski definition) is 2. The molecule has 6 heteroatoms. The van der Waals surface area contributed by atoms with E-state index in [1.807, 2.05) is 37.3 Å². The molecule has 27 heavy (non-hydrogen) atoms. The number of rotatable bonds is 5. The van der Waals surface area contributed by atoms with Gasteiger partial charge in [-0.05, 0) is 17.7 Å². The highest BCUT2D eigenvalue weighted by Gasteiger charge is 2.54. The van der Waals surface area contributed by atoms with E-state index in [-0.39, 0.29) is 29.5 Å². The van der Waals surface area contributed by atoms with Gasteiger partial charge in [-0.2, -0.15) is 0 Å². The predicted octanol–water partition coefficient (Wildman–Crippen LogP) is 1.97. The molecule has 0 bridgehead atoms. The Balaban J connectivity index is 1.62. The van der Waals surface area contributed by atoms with Gasteiger partial charge in [-0.1, -0.05) is 37.3 Å². The van der Waals surface area contributed by atoms with Crippen LogP contribution in [0.2, 0.25) is 0 Å². The molecule has 2 aliphatic rings. The number of fused-ring (bicyclic) bond motifs is 1. The van der Waals surface area contributed by atoms with Gasteiger partial charge in [-0.3, -0.25) is 9.59 Å². The molecule has 6 nitrogen and oxygen atoms in total. The van der Waals surface area contributed by atoms with Gasteiger partial charge in [0, 0.05) is 42.1 Å². The number of aromatic nitrogens is 1. The highest BCUT2D eigenvalue weighted by atomic mass is 16.5. The van der Waals surface area contributed by atoms with E-state index in [0.29, 0.717) is 36.3 Å². The van der Waals surface area contributed by atoms with Crippen LogP contribution in [0.3, 0.4) is 0 Å². The first-order chi connectivity index (χ1) is 13.1. The second-order valence-electron chi connectivity index (χ2n) is 7.24. The number of amides is 2. The average Bonchev–Trinajstić information content (AvgIpc) is 3.13. The van der Waals surface area contributed by atoms with E-state index < -0.39 is 0 Å². The van der Waals surface area contributed by atoms with Gasteiger partial charge in [0.1, 0.15) is 5.69 Å². The summed E-state index contributed by atoms with van der Waals surface area (Å²) in [6, 6.07) is 13.5. The zero-order valence-electron chi connectivity index (χ0n) is 15.4. The quantitative estimate of drug-likeness (QED) is 0.849. The summed E-state index contributed by atoms with van der Waals surface area (Å²) in [5, 5.41) is 5.67. The molecule has 1 aromatic heterocycles. The van der Waals surface area contributed by atoms with Crippen LogP contribution in [0.5, 0.6) is 0 Å². The Morgan fingerprint density at radius 3 is 2.48 bits per heavy atom. The standard InChI is InChI=1S/C21H23N3O3/c1-12(13-6-4-3-5-7-13)17-8-14(9-18(23-17)21(26)22-2)20(25)24-19-15-10-27-11-16(15)19/h3-9,12,15-16,19H,10-11H2,1-2H3,(H,22,26)(H,24,25)/t12-,15-,16+,19+/m0/s1. The van der Waals surface area contributed by atoms with E-state index >= 15 is 0 Å². The Morgan fingerprint density at radius 2 is 1.81 bits per heavy atom. The molecule has 1 saturated heterocycles. The van der Waals surface area contributed by atoms with Gasteiger partial charge in [-0.25, -0.2) is 4.98 Å². The fraction of sp³-hybridized carbons (Fsp3) is 0.381. The smallest absolute Gasteiger partial charge is 0.269 e. The van der Waals surface area contributed by atoms with Crippen LogP contribution in [0.1, 0.15) is 44.9 Å². The molecule has 2 fully saturated rings. The summed E-state index contributed by atoms with van der Waals surface area (Å²) >= 11 is 0. The van der Waals surface area contributed by atoms with E-state index in [0.717, 1.165) is 5.56 Å². The molecule has 2 heterocycles. The van der Waals surface area contributed by atoms with Crippen molar-refractivity contribution in [3.05, 3.63) is 65.0 Å². The molecule has 140 valence electrons. The van der Waals surface area contributed by atoms with Crippen LogP contribution in [0.25, 0.3) is 0 Å². The van der Waals surface area contributed by atoms with E-state index in [9.17, 15) is 9.59 Å². The van der Waals surface area contributed by atoms with E-state index in [1.165, 1.54) is 0 Å². The predicted molar refractivity (Wildman–Crippen MR) is 101 cm³/mol. The van der Waals surface area contributed by atoms with Crippen LogP contribution in [0.4, 0.5) is 0 Å². The van der Waals surface area contributed by atoms with Crippen LogP contribution in [-0.2, 0) is 4.74 Å². The molecular weight excluding hydrogens is 342 g/mol. The van der Waals surface area contributed by atoms with Crippen LogP contribution in [0, 0.1) is 11.8 Å². The average molecular weight is 365 g/mol. The third-order valence-corrected chi connectivity index (χ3v) is 5.56. The van der Waals surface area contributed by atoms with E-state index in [2.05, 4.69) is 15.6 Å². The number of nitrogens with one attached hydrogen (secondary N) is 2. The van der Waals surface area contributed by atoms with E-state index in [1.54, 1.807) is 19.2 Å². The lowest BCUT2D eigenvalue weighted by molar-refractivity contribution is 0.0928. The van der Waals surface area contributed by atoms with Crippen molar-refractivity contribution in [2.75, 3.05) is 20.3 Å². The van der Waals surface area contributed by atoms with Gasteiger partial charge in [-0.15, -0.1) is 0 Å². The Bertz CT molecular complexity index is 858. The highest BCUT2D eigenvalue weighted by Crippen LogP contribution is 2.44. The lowest BCUT2D eigenvalue weighted by atomic mass is 9.96. The van der Waals surface area contributed by atoms with Crippen molar-refractivity contribution in [2.45, 2.75) is 18.9 Å². The number of carbonyl (C=O) groups is 2. The maximum absolute atomic E-state index is 12.8. The molecule has 1 aliphatic heterocycles. The van der Waals surface area contributed by atoms with Crippen molar-refractivity contribution in [2.24, 2.45) is 11.8 Å². The summed E-state index contributed by atoms with van der Waals surface area (Å²) in [4.78, 5) is 29.5. The maximum Gasteiger partial charge on any atom is 0.269 e. The molecule has 2 N–H and O–H groups in total. The van der Waals surface area contributed by atoms with Gasteiger partial charge >= 0.3 is 0 Å². The van der Waals surface area contributed by atoms with Crippen LogP contribution in [-0.4, -0.2) is 43.1 Å². The van der Waals surface area contributed by atoms with Gasteiger partial charge in [0.15, 0.2) is 0 Å². The van der Waals surface area contributed by atoms with Crippen molar-refractivity contribution in [1.29, 1.82) is 0 Å². The minimum atomic E-state index is -0.303. The topological polar surface area (TPSA) is 80.3 Å². The first-order valence-electron chi connectivity index (χ1n) is 9.26. The number of hydrogen-bond acceptors (Lipinski definition) is 4. The van der Waals surface area contributed by atoms with Gasteiger partial charge in [0.25, 0.3) is 11.8 Å². The number of nitrogens with zero attached hydrogens (tertiary/aromatic N) is 1. The van der Waals surface area contributed by atoms with Crippen molar-refractivity contribution in [3.63, 3.8) is 0 Å². The van der Waals surface area contributed by atoms with Gasteiger partial charge in [0.2, 0.25) is 0 Å². The summed E-state index contributed by atoms with van der Waals surface area (Å²) in [6.07, 6.45) is 0. The minimum absolute atomic E-state index is 0.0314. The van der Waals surface area contributed by atoms with Crippen molar-refractivity contribution in [3.8, 4) is 0 Å². The second-order valence-corrected chi connectivity index (χ2v) is 7.24. The maximum atomic E-state index is 12.8. The molecule has 1 saturated carbocycles. The lowest BCUT2D eigenvalue weighted by Gasteiger charge is -2.15. The third kappa shape index (κ3) is 3.45. The van der Waals surface area contributed by atoms with Gasteiger partial charge < -0.3 is 15.4 Å². The number of carbonyl (C=O) groups excluding carboxylic acids is 2. The lowest BCUT2D eigenvalue weighted by Crippen LogP contribution is -2.30. The van der Waals surface area contributed by atoms with Crippen molar-refractivity contribution in [1.82, 2.24) is 15.6 Å². The van der Waals surface area contributed by atoms with Crippen molar-refractivity contribution >= 4 is 11.8 Å². The minimum Gasteiger partial charge on any atom is -0.381 e. The molecule has 4 rings (SSSR count). The molecule has 0 unspecified atom stereocenters. The first kappa shape index (κ1) is 17.7. The van der Waals surface area contributed by atoms with Gasteiger partial charge in [0.05, 0.1) is 13.2 Å². The Labute approximate surface area is 158 Å². The first-order valence-corrected chi connectivity index (χ1v) is 9.26. The SMILES string of the molecule is CNC(=O)c1cc(C(=O)N[C@H]2[C@@H]3COC[C@@H]32)cc([C@@H](C)c2ccccc2)n1. The van der Waals surface area contributed by atoms with Crippen LogP contribution in [0.15, 0.2) is 42.5 Å². The molecule has 0 spiro atoms. The second kappa shape index (κ2) is 7.12. The number of benzene rings is 1. The zero-order valence-corrected chi connectivity index (χ0v) is 15.4. The summed E-state index contributed by atoms with van der Waals surface area (Å²) < 4.78 is 5.37. The summed E-state index contributed by atoms with van der Waals surface area (Å²) in [6.45, 7) is 3.45. The fourth-order valence-electron chi connectivity index (χ4n) is 3.75. The summed E-state index contributed by atoms with van der Waals surface area (Å²) in [7, 11) is 1.56. The molecule has 2 aromatic rings. The van der Waals surface area contributed by atoms with Crippen LogP contribution >= 0.6 is 0 Å². The van der Waals surface area contributed by atoms with Crippen LogP contribution < -0.4 is 10.6 Å². The third-order valence-electron chi connectivity index (χ3n) is 5.56. The molecule has 4 atom stereocenters. The van der Waals surface area contributed by atoms with Crippen molar-refractivity contribution < 1.29 is 14.3 Å².